The minimum absolute atomic E-state index is 0. The molecule has 0 aliphatic heterocycles. The summed E-state index contributed by atoms with van der Waals surface area (Å²) >= 11 is 0. The van der Waals surface area contributed by atoms with Gasteiger partial charge in [0.1, 0.15) is 0 Å². The third-order valence-electron chi connectivity index (χ3n) is 1.42. The number of halogens is 1. The minimum Gasteiger partial charge on any atom is -0.330 e. The molecule has 0 spiro atoms. The molecular formula is C7H14ClN3. The van der Waals surface area contributed by atoms with E-state index in [9.17, 15) is 0 Å². The average Bonchev–Trinajstić information content (AvgIpc) is 2.37. The van der Waals surface area contributed by atoms with Crippen LogP contribution in [-0.4, -0.2) is 16.3 Å². The maximum Gasteiger partial charge on any atom is 0.0637 e. The van der Waals surface area contributed by atoms with Gasteiger partial charge in [-0.15, -0.1) is 12.4 Å². The van der Waals surface area contributed by atoms with Crippen molar-refractivity contribution in [3.05, 3.63) is 18.0 Å². The van der Waals surface area contributed by atoms with Crippen molar-refractivity contribution in [3.63, 3.8) is 0 Å². The molecule has 0 fully saturated rings. The lowest BCUT2D eigenvalue weighted by Gasteiger charge is -1.92. The molecule has 1 rings (SSSR count). The summed E-state index contributed by atoms with van der Waals surface area (Å²) in [6, 6.07) is 2.01. The molecule has 0 aromatic carbocycles. The zero-order valence-corrected chi connectivity index (χ0v) is 7.47. The molecule has 0 aliphatic carbocycles. The second-order valence-corrected chi connectivity index (χ2v) is 2.20. The van der Waals surface area contributed by atoms with Gasteiger partial charge in [-0.1, -0.05) is 0 Å². The topological polar surface area (TPSA) is 43.8 Å². The highest BCUT2D eigenvalue weighted by atomic mass is 35.5. The molecule has 64 valence electrons. The lowest BCUT2D eigenvalue weighted by Crippen LogP contribution is -2.04. The Hall–Kier alpha value is -0.540. The van der Waals surface area contributed by atoms with E-state index in [1.807, 2.05) is 16.9 Å². The fraction of sp³-hybridized carbons (Fsp3) is 0.571. The fourth-order valence-corrected chi connectivity index (χ4v) is 0.861. The summed E-state index contributed by atoms with van der Waals surface area (Å²) in [5.74, 6) is 0. The van der Waals surface area contributed by atoms with Crippen LogP contribution in [0.15, 0.2) is 12.3 Å². The molecule has 0 radical (unpaired) electrons. The van der Waals surface area contributed by atoms with Gasteiger partial charge in [-0.3, -0.25) is 4.68 Å². The Morgan fingerprint density at radius 2 is 2.36 bits per heavy atom. The maximum atomic E-state index is 5.36. The monoisotopic (exact) mass is 175 g/mol. The summed E-state index contributed by atoms with van der Waals surface area (Å²) in [5, 5.41) is 4.26. The standard InChI is InChI=1S/C7H13N3.ClH/c1-2-10-6-4-7(9-10)3-5-8;/h4,6H,2-3,5,8H2,1H3;1H. The second kappa shape index (κ2) is 5.16. The van der Waals surface area contributed by atoms with E-state index in [-0.39, 0.29) is 12.4 Å². The van der Waals surface area contributed by atoms with Gasteiger partial charge < -0.3 is 5.73 Å². The summed E-state index contributed by atoms with van der Waals surface area (Å²) in [4.78, 5) is 0. The van der Waals surface area contributed by atoms with Crippen molar-refractivity contribution in [2.45, 2.75) is 19.9 Å². The average molecular weight is 176 g/mol. The highest BCUT2D eigenvalue weighted by Crippen LogP contribution is 1.94. The van der Waals surface area contributed by atoms with Crippen LogP contribution in [-0.2, 0) is 13.0 Å². The first kappa shape index (κ1) is 10.5. The van der Waals surface area contributed by atoms with E-state index in [1.165, 1.54) is 0 Å². The van der Waals surface area contributed by atoms with E-state index in [1.54, 1.807) is 0 Å². The Morgan fingerprint density at radius 1 is 1.64 bits per heavy atom. The molecule has 0 aliphatic rings. The highest BCUT2D eigenvalue weighted by molar-refractivity contribution is 5.85. The SMILES string of the molecule is CCn1ccc(CCN)n1.Cl. The molecule has 0 amide bonds. The van der Waals surface area contributed by atoms with Crippen molar-refractivity contribution in [1.82, 2.24) is 9.78 Å². The van der Waals surface area contributed by atoms with Gasteiger partial charge in [0, 0.05) is 19.2 Å². The van der Waals surface area contributed by atoms with E-state index in [0.717, 1.165) is 18.7 Å². The first-order chi connectivity index (χ1) is 4.86. The number of nitrogens with zero attached hydrogens (tertiary/aromatic N) is 2. The van der Waals surface area contributed by atoms with E-state index in [4.69, 9.17) is 5.73 Å². The molecule has 2 N–H and O–H groups in total. The van der Waals surface area contributed by atoms with Crippen molar-refractivity contribution >= 4 is 12.4 Å². The Kier molecular flexibility index (Phi) is 4.90. The van der Waals surface area contributed by atoms with Crippen LogP contribution in [0.1, 0.15) is 12.6 Å². The Bertz CT molecular complexity index is 197. The summed E-state index contributed by atoms with van der Waals surface area (Å²) in [7, 11) is 0. The van der Waals surface area contributed by atoms with Gasteiger partial charge in [-0.05, 0) is 19.5 Å². The Morgan fingerprint density at radius 3 is 2.82 bits per heavy atom. The van der Waals surface area contributed by atoms with Crippen molar-refractivity contribution in [1.29, 1.82) is 0 Å². The van der Waals surface area contributed by atoms with Crippen molar-refractivity contribution in [3.8, 4) is 0 Å². The van der Waals surface area contributed by atoms with Crippen LogP contribution in [0, 0.1) is 0 Å². The number of rotatable bonds is 3. The molecular weight excluding hydrogens is 162 g/mol. The van der Waals surface area contributed by atoms with E-state index < -0.39 is 0 Å². The predicted octanol–water partition coefficient (Wildman–Crippen LogP) is 0.826. The number of hydrogen-bond acceptors (Lipinski definition) is 2. The van der Waals surface area contributed by atoms with Crippen molar-refractivity contribution in [2.24, 2.45) is 5.73 Å². The number of nitrogens with two attached hydrogens (primary N) is 1. The third-order valence-corrected chi connectivity index (χ3v) is 1.42. The van der Waals surface area contributed by atoms with Gasteiger partial charge in [-0.2, -0.15) is 5.10 Å². The maximum absolute atomic E-state index is 5.36. The molecule has 0 bridgehead atoms. The number of aryl methyl sites for hydroxylation is 1. The van der Waals surface area contributed by atoms with Gasteiger partial charge in [0.25, 0.3) is 0 Å². The molecule has 1 heterocycles. The van der Waals surface area contributed by atoms with Gasteiger partial charge in [0.2, 0.25) is 0 Å². The Balaban J connectivity index is 0.000001000. The summed E-state index contributed by atoms with van der Waals surface area (Å²) in [6.45, 7) is 3.69. The van der Waals surface area contributed by atoms with E-state index in [2.05, 4.69) is 12.0 Å². The van der Waals surface area contributed by atoms with Gasteiger partial charge >= 0.3 is 0 Å². The lowest BCUT2D eigenvalue weighted by atomic mass is 10.3. The molecule has 3 nitrogen and oxygen atoms in total. The first-order valence-corrected chi connectivity index (χ1v) is 3.59. The zero-order valence-electron chi connectivity index (χ0n) is 6.66. The van der Waals surface area contributed by atoms with Gasteiger partial charge in [-0.25, -0.2) is 0 Å². The van der Waals surface area contributed by atoms with Crippen LogP contribution in [0.25, 0.3) is 0 Å². The van der Waals surface area contributed by atoms with Crippen LogP contribution >= 0.6 is 12.4 Å². The van der Waals surface area contributed by atoms with Crippen molar-refractivity contribution < 1.29 is 0 Å². The smallest absolute Gasteiger partial charge is 0.0637 e. The zero-order chi connectivity index (χ0) is 7.40. The second-order valence-electron chi connectivity index (χ2n) is 2.20. The summed E-state index contributed by atoms with van der Waals surface area (Å²) in [6.07, 6.45) is 2.86. The predicted molar refractivity (Wildman–Crippen MR) is 47.9 cm³/mol. The molecule has 11 heavy (non-hydrogen) atoms. The van der Waals surface area contributed by atoms with E-state index >= 15 is 0 Å². The van der Waals surface area contributed by atoms with Crippen LogP contribution < -0.4 is 5.73 Å². The van der Waals surface area contributed by atoms with Crippen LogP contribution in [0.3, 0.4) is 0 Å². The van der Waals surface area contributed by atoms with E-state index in [0.29, 0.717) is 6.54 Å². The van der Waals surface area contributed by atoms with Crippen LogP contribution in [0.4, 0.5) is 0 Å². The van der Waals surface area contributed by atoms with Crippen LogP contribution in [0.5, 0.6) is 0 Å². The minimum atomic E-state index is 0. The largest absolute Gasteiger partial charge is 0.330 e. The summed E-state index contributed by atoms with van der Waals surface area (Å²) < 4.78 is 1.91. The fourth-order valence-electron chi connectivity index (χ4n) is 0.861. The van der Waals surface area contributed by atoms with Gasteiger partial charge in [0.15, 0.2) is 0 Å². The molecule has 0 atom stereocenters. The molecule has 4 heteroatoms. The Labute approximate surface area is 73.0 Å². The van der Waals surface area contributed by atoms with Crippen molar-refractivity contribution in [2.75, 3.05) is 6.54 Å². The normalized spacial score (nSPS) is 9.27. The molecule has 0 unspecified atom stereocenters. The number of aromatic nitrogens is 2. The molecule has 1 aromatic heterocycles. The summed E-state index contributed by atoms with van der Waals surface area (Å²) in [5.41, 5.74) is 6.45. The number of hydrogen-bond donors (Lipinski definition) is 1. The molecule has 1 aromatic rings. The molecule has 0 saturated carbocycles. The lowest BCUT2D eigenvalue weighted by molar-refractivity contribution is 0.646. The first-order valence-electron chi connectivity index (χ1n) is 3.59. The quantitative estimate of drug-likeness (QED) is 0.740. The highest BCUT2D eigenvalue weighted by Gasteiger charge is 1.93. The van der Waals surface area contributed by atoms with Crippen LogP contribution in [0.2, 0.25) is 0 Å². The van der Waals surface area contributed by atoms with Gasteiger partial charge in [0.05, 0.1) is 5.69 Å². The molecule has 0 saturated heterocycles. The third kappa shape index (κ3) is 2.91.